The van der Waals surface area contributed by atoms with Crippen LogP contribution in [0.15, 0.2) is 60.8 Å². The number of nitrogens with zero attached hydrogens (tertiary/aromatic N) is 2. The van der Waals surface area contributed by atoms with E-state index < -0.39 is 17.5 Å². The Morgan fingerprint density at radius 1 is 1.12 bits per heavy atom. The minimum atomic E-state index is -0.687. The first kappa shape index (κ1) is 30.0. The van der Waals surface area contributed by atoms with Crippen LogP contribution in [0.25, 0.3) is 27.7 Å². The van der Waals surface area contributed by atoms with E-state index in [9.17, 15) is 23.1 Å². The number of benzene rings is 3. The Kier molecular flexibility index (Phi) is 8.93. The molecule has 1 aromatic heterocycles. The zero-order chi connectivity index (χ0) is 30.7. The third-order valence-electron chi connectivity index (χ3n) is 7.87. The van der Waals surface area contributed by atoms with Crippen molar-refractivity contribution in [3.63, 3.8) is 0 Å². The molecule has 2 heterocycles. The molecule has 43 heavy (non-hydrogen) atoms. The van der Waals surface area contributed by atoms with E-state index in [0.29, 0.717) is 46.9 Å². The van der Waals surface area contributed by atoms with Gasteiger partial charge in [0.05, 0.1) is 17.0 Å². The van der Waals surface area contributed by atoms with Gasteiger partial charge in [-0.15, -0.1) is 0 Å². The maximum atomic E-state index is 14.7. The molecule has 0 unspecified atom stereocenters. The number of phenolic OH excluding ortho intramolecular Hbond substituents is 1. The summed E-state index contributed by atoms with van der Waals surface area (Å²) in [4.78, 5) is 17.6. The van der Waals surface area contributed by atoms with Crippen molar-refractivity contribution in [1.29, 1.82) is 0 Å². The fourth-order valence-electron chi connectivity index (χ4n) is 5.68. The predicted molar refractivity (Wildman–Crippen MR) is 162 cm³/mol. The van der Waals surface area contributed by atoms with E-state index in [0.717, 1.165) is 32.5 Å². The zero-order valence-corrected chi connectivity index (χ0v) is 23.8. The number of anilines is 1. The van der Waals surface area contributed by atoms with Crippen molar-refractivity contribution >= 4 is 28.1 Å². The first-order valence-corrected chi connectivity index (χ1v) is 14.2. The highest BCUT2D eigenvalue weighted by Gasteiger charge is 2.22. The van der Waals surface area contributed by atoms with Gasteiger partial charge in [0.2, 0.25) is 0 Å². The molecule has 3 aromatic carbocycles. The minimum Gasteiger partial charge on any atom is -0.507 e. The van der Waals surface area contributed by atoms with Crippen LogP contribution < -0.4 is 16.9 Å². The Bertz CT molecular complexity index is 1640. The van der Waals surface area contributed by atoms with E-state index in [1.54, 1.807) is 18.3 Å². The molecule has 0 saturated carbocycles. The number of carbonyl (C=O) groups excluding carboxylic acids is 1. The summed E-state index contributed by atoms with van der Waals surface area (Å²) in [5.74, 6) is 4.37. The van der Waals surface area contributed by atoms with Gasteiger partial charge in [0.15, 0.2) is 5.78 Å². The zero-order valence-electron chi connectivity index (χ0n) is 23.8. The van der Waals surface area contributed by atoms with E-state index in [1.165, 1.54) is 54.4 Å². The van der Waals surface area contributed by atoms with Crippen LogP contribution in [-0.4, -0.2) is 58.5 Å². The number of halogens is 3. The summed E-state index contributed by atoms with van der Waals surface area (Å²) in [5, 5.41) is 15.2. The van der Waals surface area contributed by atoms with E-state index in [1.807, 2.05) is 0 Å². The van der Waals surface area contributed by atoms with Crippen molar-refractivity contribution < 1.29 is 23.1 Å². The van der Waals surface area contributed by atoms with E-state index in [4.69, 9.17) is 11.6 Å². The normalized spacial score (nSPS) is 14.8. The molecule has 226 valence electrons. The Balaban J connectivity index is 1.11. The molecule has 1 aliphatic rings. The molecule has 1 fully saturated rings. The van der Waals surface area contributed by atoms with Crippen LogP contribution in [0.4, 0.5) is 18.9 Å². The number of likely N-dealkylation sites (tertiary alicyclic amines) is 1. The van der Waals surface area contributed by atoms with Crippen LogP contribution in [-0.2, 0) is 0 Å². The average molecular weight is 593 g/mol. The molecule has 1 saturated heterocycles. The van der Waals surface area contributed by atoms with Crippen molar-refractivity contribution in [1.82, 2.24) is 14.9 Å². The maximum Gasteiger partial charge on any atom is 0.176 e. The van der Waals surface area contributed by atoms with Crippen LogP contribution in [0.2, 0.25) is 0 Å². The number of aromatic nitrogens is 1. The number of fused-ring (bicyclic) bond motifs is 1. The molecule has 4 aromatic rings. The number of aromatic amines is 1. The molecule has 0 amide bonds. The number of H-pyrrole nitrogens is 1. The summed E-state index contributed by atoms with van der Waals surface area (Å²) >= 11 is 0. The van der Waals surface area contributed by atoms with Crippen molar-refractivity contribution in [2.75, 3.05) is 38.0 Å². The highest BCUT2D eigenvalue weighted by atomic mass is 19.1. The molecular weight excluding hydrogens is 557 g/mol. The van der Waals surface area contributed by atoms with E-state index in [-0.39, 0.29) is 28.4 Å². The summed E-state index contributed by atoms with van der Waals surface area (Å²) in [5.41, 5.74) is 8.44. The highest BCUT2D eigenvalue weighted by molar-refractivity contribution is 6.06. The van der Waals surface area contributed by atoms with E-state index in [2.05, 4.69) is 15.2 Å². The lowest BCUT2D eigenvalue weighted by atomic mass is 9.96. The second-order valence-electron chi connectivity index (χ2n) is 10.9. The van der Waals surface area contributed by atoms with Gasteiger partial charge < -0.3 is 31.0 Å². The van der Waals surface area contributed by atoms with Crippen molar-refractivity contribution in [2.24, 2.45) is 17.5 Å². The molecule has 0 radical (unpaired) electrons. The maximum absolute atomic E-state index is 14.7. The van der Waals surface area contributed by atoms with Gasteiger partial charge in [-0.1, -0.05) is 6.07 Å². The average Bonchev–Trinajstić information content (AvgIpc) is 3.34. The van der Waals surface area contributed by atoms with Gasteiger partial charge in [0.25, 0.3) is 0 Å². The van der Waals surface area contributed by atoms with Crippen molar-refractivity contribution in [3.8, 4) is 16.9 Å². The number of Topliss-reactive ketones (excluding diaryl/α,β-unsaturated/α-hetero) is 1. The number of aromatic hydroxyl groups is 1. The van der Waals surface area contributed by atoms with Crippen LogP contribution in [0.3, 0.4) is 0 Å². The monoisotopic (exact) mass is 592 g/mol. The van der Waals surface area contributed by atoms with Gasteiger partial charge in [-0.3, -0.25) is 4.79 Å². The Hall–Kier alpha value is -4.48. The topological polar surface area (TPSA) is 124 Å². The molecule has 1 aliphatic heterocycles. The minimum absolute atomic E-state index is 0.00316. The SMILES string of the molecule is CC(=O)c1[nH]c2ccc(F)cc2c1/C(N)=C/N(N)CC1CCN(CCNc2ccc(-c3c(O)cccc3F)c(F)c2)CC1. The van der Waals surface area contributed by atoms with Gasteiger partial charge in [0, 0.05) is 60.5 Å². The number of hydrogen-bond acceptors (Lipinski definition) is 7. The Morgan fingerprint density at radius 3 is 2.58 bits per heavy atom. The number of rotatable bonds is 10. The third-order valence-corrected chi connectivity index (χ3v) is 7.87. The van der Waals surface area contributed by atoms with Crippen LogP contribution in [0.5, 0.6) is 5.75 Å². The van der Waals surface area contributed by atoms with Gasteiger partial charge >= 0.3 is 0 Å². The number of hydrazine groups is 1. The molecule has 11 heteroatoms. The fourth-order valence-corrected chi connectivity index (χ4v) is 5.68. The number of carbonyl (C=O) groups is 1. The summed E-state index contributed by atoms with van der Waals surface area (Å²) < 4.78 is 42.8. The lowest BCUT2D eigenvalue weighted by Crippen LogP contribution is -2.41. The second kappa shape index (κ2) is 12.8. The van der Waals surface area contributed by atoms with Crippen LogP contribution in [0.1, 0.15) is 35.8 Å². The largest absolute Gasteiger partial charge is 0.507 e. The number of hydrogen-bond donors (Lipinski definition) is 5. The van der Waals surface area contributed by atoms with Gasteiger partial charge in [0.1, 0.15) is 23.2 Å². The molecule has 8 nitrogen and oxygen atoms in total. The number of piperidine rings is 1. The smallest absolute Gasteiger partial charge is 0.176 e. The molecule has 0 spiro atoms. The number of nitrogens with two attached hydrogens (primary N) is 2. The standard InChI is InChI=1S/C32H35F3N6O2/c1-19(42)32-31(24-15-21(33)5-8-28(24)39-32)27(36)18-41(37)17-20-9-12-40(13-10-20)14-11-38-22-6-7-23(26(35)16-22)30-25(34)3-2-4-29(30)43/h2-8,15-16,18,20,38-39,43H,9-14,17,36-37H2,1H3/b27-18-. The Morgan fingerprint density at radius 2 is 1.88 bits per heavy atom. The number of nitrogens with one attached hydrogen (secondary N) is 2. The first-order chi connectivity index (χ1) is 20.6. The predicted octanol–water partition coefficient (Wildman–Crippen LogP) is 5.42. The van der Waals surface area contributed by atoms with Gasteiger partial charge in [-0.05, 0) is 80.4 Å². The summed E-state index contributed by atoms with van der Waals surface area (Å²) in [6, 6.07) is 12.5. The molecule has 7 N–H and O–H groups in total. The van der Waals surface area contributed by atoms with Gasteiger partial charge in [-0.2, -0.15) is 0 Å². The quantitative estimate of drug-likeness (QED) is 0.0947. The molecule has 0 bridgehead atoms. The van der Waals surface area contributed by atoms with Crippen molar-refractivity contribution in [2.45, 2.75) is 19.8 Å². The number of ketones is 1. The molecule has 5 rings (SSSR count). The molecule has 0 atom stereocenters. The van der Waals surface area contributed by atoms with E-state index >= 15 is 0 Å². The molecular formula is C32H35F3N6O2. The lowest BCUT2D eigenvalue weighted by Gasteiger charge is -2.33. The highest BCUT2D eigenvalue weighted by Crippen LogP contribution is 2.34. The third kappa shape index (κ3) is 6.79. The van der Waals surface area contributed by atoms with Gasteiger partial charge in [-0.25, -0.2) is 19.0 Å². The van der Waals surface area contributed by atoms with Crippen LogP contribution in [0, 0.1) is 23.4 Å². The second-order valence-corrected chi connectivity index (χ2v) is 10.9. The van der Waals surface area contributed by atoms with Crippen molar-refractivity contribution in [3.05, 3.63) is 89.5 Å². The molecule has 0 aliphatic carbocycles. The van der Waals surface area contributed by atoms with Crippen LogP contribution >= 0.6 is 0 Å². The summed E-state index contributed by atoms with van der Waals surface area (Å²) in [6.45, 7) is 5.09. The summed E-state index contributed by atoms with van der Waals surface area (Å²) in [6.07, 6.45) is 3.44. The number of phenols is 1. The lowest BCUT2D eigenvalue weighted by molar-refractivity contribution is 0.101. The first-order valence-electron chi connectivity index (χ1n) is 14.2. The Labute approximate surface area is 247 Å². The fraction of sp³-hybridized carbons (Fsp3) is 0.281. The summed E-state index contributed by atoms with van der Waals surface area (Å²) in [7, 11) is 0.